The summed E-state index contributed by atoms with van der Waals surface area (Å²) >= 11 is 11.7. The van der Waals surface area contributed by atoms with Gasteiger partial charge in [0.1, 0.15) is 6.54 Å². The fraction of sp³-hybridized carbons (Fsp3) is 0.176. The second kappa shape index (κ2) is 7.77. The van der Waals surface area contributed by atoms with Gasteiger partial charge in [0.2, 0.25) is 0 Å². The van der Waals surface area contributed by atoms with Gasteiger partial charge in [-0.3, -0.25) is 4.79 Å². The van der Waals surface area contributed by atoms with Crippen LogP contribution in [0.2, 0.25) is 10.0 Å². The van der Waals surface area contributed by atoms with Crippen molar-refractivity contribution in [2.75, 3.05) is 6.54 Å². The number of nitrogens with zero attached hydrogens (tertiary/aromatic N) is 2. The molecule has 0 saturated carbocycles. The average molecular weight is 387 g/mol. The lowest BCUT2D eigenvalue weighted by Gasteiger charge is -2.24. The number of amides is 1. The molecule has 2 aromatic rings. The molecule has 0 spiro atoms. The van der Waals surface area contributed by atoms with Crippen molar-refractivity contribution in [3.8, 4) is 6.07 Å². The van der Waals surface area contributed by atoms with Crippen LogP contribution in [0.4, 0.5) is 13.2 Å². The second-order valence-electron chi connectivity index (χ2n) is 5.21. The Morgan fingerprint density at radius 3 is 2.28 bits per heavy atom. The number of hydrogen-bond donors (Lipinski definition) is 0. The highest BCUT2D eigenvalue weighted by Crippen LogP contribution is 2.25. The minimum Gasteiger partial charge on any atom is -0.325 e. The number of rotatable bonds is 4. The predicted molar refractivity (Wildman–Crippen MR) is 88.4 cm³/mol. The van der Waals surface area contributed by atoms with E-state index in [0.29, 0.717) is 16.0 Å². The summed E-state index contributed by atoms with van der Waals surface area (Å²) in [6, 6.07) is 11.8. The van der Waals surface area contributed by atoms with Crippen molar-refractivity contribution in [1.82, 2.24) is 4.90 Å². The molecule has 0 unspecified atom stereocenters. The second-order valence-corrected chi connectivity index (χ2v) is 6.05. The third-order valence-corrected chi connectivity index (χ3v) is 3.82. The van der Waals surface area contributed by atoms with Gasteiger partial charge in [-0.25, -0.2) is 0 Å². The molecule has 0 fully saturated rings. The van der Waals surface area contributed by atoms with Crippen LogP contribution in [0.25, 0.3) is 0 Å². The summed E-state index contributed by atoms with van der Waals surface area (Å²) < 4.78 is 38.6. The SMILES string of the molecule is N#Cc1ccc(CN(CC(F)(F)F)C(=O)c2ccc(Cl)cc2Cl)cc1. The van der Waals surface area contributed by atoms with Gasteiger partial charge in [-0.1, -0.05) is 35.3 Å². The van der Waals surface area contributed by atoms with E-state index in [1.54, 1.807) is 0 Å². The molecule has 0 atom stereocenters. The van der Waals surface area contributed by atoms with Crippen molar-refractivity contribution in [2.24, 2.45) is 0 Å². The van der Waals surface area contributed by atoms with Gasteiger partial charge >= 0.3 is 6.18 Å². The number of alkyl halides is 3. The molecule has 0 aliphatic heterocycles. The van der Waals surface area contributed by atoms with Gasteiger partial charge in [0.05, 0.1) is 22.2 Å². The first-order chi connectivity index (χ1) is 11.7. The smallest absolute Gasteiger partial charge is 0.325 e. The van der Waals surface area contributed by atoms with E-state index >= 15 is 0 Å². The molecule has 0 aliphatic carbocycles. The van der Waals surface area contributed by atoms with Crippen LogP contribution in [0.15, 0.2) is 42.5 Å². The number of carbonyl (C=O) groups is 1. The molecule has 25 heavy (non-hydrogen) atoms. The molecule has 0 heterocycles. The zero-order valence-corrected chi connectivity index (χ0v) is 14.2. The molecule has 0 N–H and O–H groups in total. The Labute approximate surface area is 152 Å². The summed E-state index contributed by atoms with van der Waals surface area (Å²) in [6.07, 6.45) is -4.57. The van der Waals surface area contributed by atoms with Crippen molar-refractivity contribution >= 4 is 29.1 Å². The fourth-order valence-corrected chi connectivity index (χ4v) is 2.64. The van der Waals surface area contributed by atoms with Crippen molar-refractivity contribution in [3.63, 3.8) is 0 Å². The van der Waals surface area contributed by atoms with Crippen molar-refractivity contribution in [1.29, 1.82) is 5.26 Å². The highest BCUT2D eigenvalue weighted by Gasteiger charge is 2.34. The van der Waals surface area contributed by atoms with E-state index in [0.717, 1.165) is 0 Å². The number of hydrogen-bond acceptors (Lipinski definition) is 2. The zero-order chi connectivity index (χ0) is 18.6. The highest BCUT2D eigenvalue weighted by molar-refractivity contribution is 6.36. The molecular weight excluding hydrogens is 376 g/mol. The van der Waals surface area contributed by atoms with Crippen molar-refractivity contribution < 1.29 is 18.0 Å². The number of carbonyl (C=O) groups excluding carboxylic acids is 1. The Bertz CT molecular complexity index is 814. The lowest BCUT2D eigenvalue weighted by Crippen LogP contribution is -2.38. The van der Waals surface area contributed by atoms with Crippen molar-refractivity contribution in [3.05, 3.63) is 69.2 Å². The summed E-state index contributed by atoms with van der Waals surface area (Å²) in [6.45, 7) is -1.70. The van der Waals surface area contributed by atoms with E-state index in [2.05, 4.69) is 0 Å². The molecule has 1 amide bonds. The monoisotopic (exact) mass is 386 g/mol. The summed E-state index contributed by atoms with van der Waals surface area (Å²) in [4.78, 5) is 13.2. The van der Waals surface area contributed by atoms with Crippen LogP contribution < -0.4 is 0 Å². The van der Waals surface area contributed by atoms with Gasteiger partial charge in [0.15, 0.2) is 0 Å². The van der Waals surface area contributed by atoms with Crippen LogP contribution in [0.3, 0.4) is 0 Å². The van der Waals surface area contributed by atoms with Gasteiger partial charge in [0.25, 0.3) is 5.91 Å². The minimum absolute atomic E-state index is 0.0236. The third kappa shape index (κ3) is 5.38. The maximum absolute atomic E-state index is 12.9. The molecule has 3 nitrogen and oxygen atoms in total. The first-order valence-electron chi connectivity index (χ1n) is 7.00. The van der Waals surface area contributed by atoms with Crippen LogP contribution in [0, 0.1) is 11.3 Å². The Morgan fingerprint density at radius 2 is 1.76 bits per heavy atom. The number of halogens is 5. The largest absolute Gasteiger partial charge is 0.406 e. The van der Waals surface area contributed by atoms with E-state index in [4.69, 9.17) is 28.5 Å². The van der Waals surface area contributed by atoms with Crippen LogP contribution in [-0.2, 0) is 6.54 Å². The summed E-state index contributed by atoms with van der Waals surface area (Å²) in [5.41, 5.74) is 0.767. The molecule has 0 aromatic heterocycles. The van der Waals surface area contributed by atoms with Crippen LogP contribution in [0.1, 0.15) is 21.5 Å². The quantitative estimate of drug-likeness (QED) is 0.735. The minimum atomic E-state index is -4.57. The van der Waals surface area contributed by atoms with E-state index < -0.39 is 18.6 Å². The molecule has 0 bridgehead atoms. The van der Waals surface area contributed by atoms with Gasteiger partial charge < -0.3 is 4.90 Å². The van der Waals surface area contributed by atoms with Gasteiger partial charge in [-0.15, -0.1) is 0 Å². The maximum Gasteiger partial charge on any atom is 0.406 e. The first kappa shape index (κ1) is 19.1. The number of nitriles is 1. The number of benzene rings is 2. The van der Waals surface area contributed by atoms with Gasteiger partial charge in [-0.05, 0) is 35.9 Å². The fourth-order valence-electron chi connectivity index (χ4n) is 2.15. The van der Waals surface area contributed by atoms with Gasteiger partial charge in [-0.2, -0.15) is 18.4 Å². The van der Waals surface area contributed by atoms with E-state index in [1.165, 1.54) is 42.5 Å². The molecular formula is C17H11Cl2F3N2O. The summed E-state index contributed by atoms with van der Waals surface area (Å²) in [7, 11) is 0. The molecule has 8 heteroatoms. The van der Waals surface area contributed by atoms with E-state index in [9.17, 15) is 18.0 Å². The standard InChI is InChI=1S/C17H11Cl2F3N2O/c18-13-5-6-14(15(19)7-13)16(25)24(10-17(20,21)22)9-12-3-1-11(8-23)2-4-12/h1-7H,9-10H2. The van der Waals surface area contributed by atoms with Crippen molar-refractivity contribution in [2.45, 2.75) is 12.7 Å². The highest BCUT2D eigenvalue weighted by atomic mass is 35.5. The predicted octanol–water partition coefficient (Wildman–Crippen LogP) is 5.07. The molecule has 0 saturated heterocycles. The lowest BCUT2D eigenvalue weighted by atomic mass is 10.1. The molecule has 0 radical (unpaired) electrons. The van der Waals surface area contributed by atoms with E-state index in [-0.39, 0.29) is 22.2 Å². The average Bonchev–Trinajstić information content (AvgIpc) is 2.53. The molecule has 0 aliphatic rings. The Hall–Kier alpha value is -2.23. The molecule has 2 rings (SSSR count). The van der Waals surface area contributed by atoms with Gasteiger partial charge in [0, 0.05) is 11.6 Å². The molecule has 130 valence electrons. The first-order valence-corrected chi connectivity index (χ1v) is 7.75. The summed E-state index contributed by atoms with van der Waals surface area (Å²) in [5, 5.41) is 9.01. The van der Waals surface area contributed by atoms with E-state index in [1.807, 2.05) is 6.07 Å². The third-order valence-electron chi connectivity index (χ3n) is 3.28. The zero-order valence-electron chi connectivity index (χ0n) is 12.6. The Balaban J connectivity index is 2.31. The Morgan fingerprint density at radius 1 is 1.12 bits per heavy atom. The summed E-state index contributed by atoms with van der Waals surface area (Å²) in [5.74, 6) is -0.858. The molecule has 2 aromatic carbocycles. The van der Waals surface area contributed by atoms with Crippen LogP contribution in [-0.4, -0.2) is 23.5 Å². The van der Waals surface area contributed by atoms with Crippen LogP contribution >= 0.6 is 23.2 Å². The Kier molecular flexibility index (Phi) is 5.93. The topological polar surface area (TPSA) is 44.1 Å². The maximum atomic E-state index is 12.9. The van der Waals surface area contributed by atoms with Crippen LogP contribution in [0.5, 0.6) is 0 Å². The normalized spacial score (nSPS) is 11.0. The lowest BCUT2D eigenvalue weighted by molar-refractivity contribution is -0.141.